The summed E-state index contributed by atoms with van der Waals surface area (Å²) in [6, 6.07) is 14.1. The summed E-state index contributed by atoms with van der Waals surface area (Å²) in [5.41, 5.74) is 3.22. The number of aliphatic hydroxyl groups is 1. The van der Waals surface area contributed by atoms with E-state index in [1.165, 1.54) is 5.56 Å². The lowest BCUT2D eigenvalue weighted by atomic mass is 10.1. The fraction of sp³-hybridized carbons (Fsp3) is 0.278. The minimum atomic E-state index is -0.111. The molecule has 108 valence electrons. The molecule has 0 radical (unpaired) electrons. The van der Waals surface area contributed by atoms with Crippen LogP contribution in [0.4, 0.5) is 0 Å². The van der Waals surface area contributed by atoms with Gasteiger partial charge in [0.15, 0.2) is 0 Å². The predicted octanol–water partition coefficient (Wildman–Crippen LogP) is 2.45. The third-order valence-electron chi connectivity index (χ3n) is 3.27. The first-order chi connectivity index (χ1) is 10.3. The Bertz CT molecular complexity index is 614. The number of aliphatic hydroxyl groups excluding tert-OH is 1. The zero-order chi connectivity index (χ0) is 14.9. The van der Waals surface area contributed by atoms with Gasteiger partial charge in [-0.15, -0.1) is 0 Å². The summed E-state index contributed by atoms with van der Waals surface area (Å²) in [5, 5.41) is 8.85. The van der Waals surface area contributed by atoms with Crippen LogP contribution in [0.1, 0.15) is 23.7 Å². The number of pyridine rings is 1. The molecule has 0 atom stereocenters. The summed E-state index contributed by atoms with van der Waals surface area (Å²) in [4.78, 5) is 6.70. The van der Waals surface area contributed by atoms with E-state index in [-0.39, 0.29) is 6.61 Å². The summed E-state index contributed by atoms with van der Waals surface area (Å²) in [5.74, 6) is 5.73. The standard InChI is InChI=1S/C18H20N2O/c1-2-20(15-18-11-5-6-12-19-18)14-17-9-4-3-8-16(17)10-7-13-21/h3-6,8-9,11-12,21H,2,13-15H2,1H3. The SMILES string of the molecule is CCN(Cc1ccccn1)Cc1ccccc1C#CCO. The molecule has 0 fully saturated rings. The van der Waals surface area contributed by atoms with Crippen molar-refractivity contribution in [3.05, 3.63) is 65.5 Å². The molecule has 1 aromatic heterocycles. The average Bonchev–Trinajstić information content (AvgIpc) is 2.54. The van der Waals surface area contributed by atoms with E-state index < -0.39 is 0 Å². The normalized spacial score (nSPS) is 10.2. The molecule has 2 aromatic rings. The molecule has 0 aliphatic heterocycles. The van der Waals surface area contributed by atoms with Gasteiger partial charge in [-0.3, -0.25) is 9.88 Å². The van der Waals surface area contributed by atoms with Crippen molar-refractivity contribution >= 4 is 0 Å². The Morgan fingerprint density at radius 2 is 1.90 bits per heavy atom. The Kier molecular flexibility index (Phi) is 5.96. The first-order valence-corrected chi connectivity index (χ1v) is 7.13. The summed E-state index contributed by atoms with van der Waals surface area (Å²) in [6.45, 7) is 4.62. The highest BCUT2D eigenvalue weighted by atomic mass is 16.2. The van der Waals surface area contributed by atoms with Crippen molar-refractivity contribution in [1.29, 1.82) is 0 Å². The molecule has 1 aromatic carbocycles. The molecule has 1 N–H and O–H groups in total. The number of hydrogen-bond acceptors (Lipinski definition) is 3. The topological polar surface area (TPSA) is 36.4 Å². The van der Waals surface area contributed by atoms with Gasteiger partial charge in [0.25, 0.3) is 0 Å². The molecule has 1 heterocycles. The summed E-state index contributed by atoms with van der Waals surface area (Å²) < 4.78 is 0. The predicted molar refractivity (Wildman–Crippen MR) is 84.4 cm³/mol. The Morgan fingerprint density at radius 1 is 1.10 bits per heavy atom. The van der Waals surface area contributed by atoms with Crippen molar-refractivity contribution in [1.82, 2.24) is 9.88 Å². The molecule has 0 spiro atoms. The second-order valence-electron chi connectivity index (χ2n) is 4.74. The van der Waals surface area contributed by atoms with Crippen LogP contribution in [0.15, 0.2) is 48.7 Å². The van der Waals surface area contributed by atoms with Gasteiger partial charge in [0, 0.05) is 24.8 Å². The zero-order valence-electron chi connectivity index (χ0n) is 12.3. The van der Waals surface area contributed by atoms with Gasteiger partial charge < -0.3 is 5.11 Å². The van der Waals surface area contributed by atoms with Crippen LogP contribution >= 0.6 is 0 Å². The van der Waals surface area contributed by atoms with E-state index in [9.17, 15) is 0 Å². The maximum atomic E-state index is 8.85. The van der Waals surface area contributed by atoms with Gasteiger partial charge in [-0.2, -0.15) is 0 Å². The largest absolute Gasteiger partial charge is 0.384 e. The van der Waals surface area contributed by atoms with Crippen LogP contribution in [0.25, 0.3) is 0 Å². The lowest BCUT2D eigenvalue weighted by Gasteiger charge is -2.20. The lowest BCUT2D eigenvalue weighted by molar-refractivity contribution is 0.268. The minimum absolute atomic E-state index is 0.111. The number of hydrogen-bond donors (Lipinski definition) is 1. The van der Waals surface area contributed by atoms with E-state index in [4.69, 9.17) is 5.11 Å². The zero-order valence-corrected chi connectivity index (χ0v) is 12.3. The third-order valence-corrected chi connectivity index (χ3v) is 3.27. The van der Waals surface area contributed by atoms with Crippen molar-refractivity contribution in [3.8, 4) is 11.8 Å². The van der Waals surface area contributed by atoms with E-state index in [0.717, 1.165) is 30.9 Å². The number of nitrogens with zero attached hydrogens (tertiary/aromatic N) is 2. The van der Waals surface area contributed by atoms with Gasteiger partial charge in [0.2, 0.25) is 0 Å². The Balaban J connectivity index is 2.11. The maximum absolute atomic E-state index is 8.85. The van der Waals surface area contributed by atoms with Crippen LogP contribution in [0.2, 0.25) is 0 Å². The molecule has 0 unspecified atom stereocenters. The van der Waals surface area contributed by atoms with Gasteiger partial charge in [0.05, 0.1) is 5.69 Å². The van der Waals surface area contributed by atoms with Crippen molar-refractivity contribution in [3.63, 3.8) is 0 Å². The molecule has 0 bridgehead atoms. The highest BCUT2D eigenvalue weighted by Gasteiger charge is 2.08. The highest BCUT2D eigenvalue weighted by Crippen LogP contribution is 2.12. The van der Waals surface area contributed by atoms with Crippen LogP contribution in [0, 0.1) is 11.8 Å². The minimum Gasteiger partial charge on any atom is -0.384 e. The molecule has 0 amide bonds. The van der Waals surface area contributed by atoms with E-state index in [1.54, 1.807) is 0 Å². The molecule has 3 heteroatoms. The molecular weight excluding hydrogens is 260 g/mol. The second kappa shape index (κ2) is 8.21. The van der Waals surface area contributed by atoms with Crippen LogP contribution < -0.4 is 0 Å². The van der Waals surface area contributed by atoms with Gasteiger partial charge in [-0.05, 0) is 30.3 Å². The first-order valence-electron chi connectivity index (χ1n) is 7.13. The average molecular weight is 280 g/mol. The first kappa shape index (κ1) is 15.2. The molecule has 2 rings (SSSR count). The molecule has 0 aliphatic carbocycles. The van der Waals surface area contributed by atoms with Crippen molar-refractivity contribution in [2.24, 2.45) is 0 Å². The molecule has 0 saturated carbocycles. The van der Waals surface area contributed by atoms with Crippen molar-refractivity contribution < 1.29 is 5.11 Å². The Labute approximate surface area is 126 Å². The third kappa shape index (κ3) is 4.71. The van der Waals surface area contributed by atoms with Gasteiger partial charge in [-0.1, -0.05) is 43.0 Å². The fourth-order valence-corrected chi connectivity index (χ4v) is 2.16. The molecule has 21 heavy (non-hydrogen) atoms. The summed E-state index contributed by atoms with van der Waals surface area (Å²) in [6.07, 6.45) is 1.82. The van der Waals surface area contributed by atoms with E-state index in [2.05, 4.69) is 34.7 Å². The lowest BCUT2D eigenvalue weighted by Crippen LogP contribution is -2.23. The number of aromatic nitrogens is 1. The highest BCUT2D eigenvalue weighted by molar-refractivity contribution is 5.41. The molecule has 3 nitrogen and oxygen atoms in total. The van der Waals surface area contributed by atoms with Crippen molar-refractivity contribution in [2.45, 2.75) is 20.0 Å². The quantitative estimate of drug-likeness (QED) is 0.855. The number of benzene rings is 1. The number of rotatable bonds is 5. The van der Waals surface area contributed by atoms with Crippen LogP contribution in [0.3, 0.4) is 0 Å². The van der Waals surface area contributed by atoms with Gasteiger partial charge >= 0.3 is 0 Å². The summed E-state index contributed by atoms with van der Waals surface area (Å²) in [7, 11) is 0. The fourth-order valence-electron chi connectivity index (χ4n) is 2.16. The van der Waals surface area contributed by atoms with Crippen LogP contribution in [-0.4, -0.2) is 28.1 Å². The van der Waals surface area contributed by atoms with Crippen molar-refractivity contribution in [2.75, 3.05) is 13.2 Å². The van der Waals surface area contributed by atoms with Gasteiger partial charge in [0.1, 0.15) is 6.61 Å². The smallest absolute Gasteiger partial charge is 0.104 e. The monoisotopic (exact) mass is 280 g/mol. The second-order valence-corrected chi connectivity index (χ2v) is 4.74. The summed E-state index contributed by atoms with van der Waals surface area (Å²) >= 11 is 0. The molecule has 0 aliphatic rings. The van der Waals surface area contributed by atoms with Crippen LogP contribution in [0.5, 0.6) is 0 Å². The Morgan fingerprint density at radius 3 is 2.62 bits per heavy atom. The molecular formula is C18H20N2O. The van der Waals surface area contributed by atoms with E-state index in [1.807, 2.05) is 42.6 Å². The maximum Gasteiger partial charge on any atom is 0.104 e. The Hall–Kier alpha value is -2.15. The van der Waals surface area contributed by atoms with Gasteiger partial charge in [-0.25, -0.2) is 0 Å². The van der Waals surface area contributed by atoms with E-state index in [0.29, 0.717) is 0 Å². The van der Waals surface area contributed by atoms with Crippen LogP contribution in [-0.2, 0) is 13.1 Å². The van der Waals surface area contributed by atoms with E-state index >= 15 is 0 Å². The molecule has 0 saturated heterocycles.